The Hall–Kier alpha value is -7.80. The number of aliphatic hydroxyl groups is 1. The lowest BCUT2D eigenvalue weighted by molar-refractivity contribution is -0.0975. The number of nitrogens with one attached hydrogen (secondary N) is 2. The molecule has 4 heterocycles. The van der Waals surface area contributed by atoms with Crippen molar-refractivity contribution in [3.05, 3.63) is 219 Å². The SMILES string of the molecule is COc1ccc(C(OC[C@H]2O[C@@H](n3cc(C)c(=O)[nH]c3=O)C[C@H]2OC(=O)Oc2ccc(Cl)cc2)(c2ccccc2)c2ccc(OCCCO[Si](C)(C)C(C)(C)C)cc2)cc1.Cc1cn([C@H]2C[C@@H](OC(=O)Oc3ccc(Cl)cc3)[C@@H](CO)O2)c(=O)[nH]c1=O. The second-order valence-corrected chi connectivity index (χ2v) is 27.9. The highest BCUT2D eigenvalue weighted by Crippen LogP contribution is 2.44. The average molecular weight is 1250 g/mol. The maximum atomic E-state index is 13.2. The molecule has 0 radical (unpaired) electrons. The molecule has 0 bridgehead atoms. The van der Waals surface area contributed by atoms with Gasteiger partial charge in [-0.2, -0.15) is 0 Å². The van der Waals surface area contributed by atoms with Crippen LogP contribution in [0.2, 0.25) is 28.2 Å². The zero-order valence-electron chi connectivity index (χ0n) is 49.3. The molecule has 24 heteroatoms. The lowest BCUT2D eigenvalue weighted by Gasteiger charge is -2.37. The van der Waals surface area contributed by atoms with E-state index in [-0.39, 0.29) is 36.0 Å². The first-order chi connectivity index (χ1) is 41.5. The van der Waals surface area contributed by atoms with E-state index in [0.29, 0.717) is 45.9 Å². The molecule has 87 heavy (non-hydrogen) atoms. The minimum absolute atomic E-state index is 0.0585. The van der Waals surface area contributed by atoms with Crippen LogP contribution in [-0.2, 0) is 33.7 Å². The molecule has 7 aromatic rings. The number of aromatic amines is 2. The van der Waals surface area contributed by atoms with E-state index < -0.39 is 92.2 Å². The third kappa shape index (κ3) is 16.4. The molecule has 0 amide bonds. The fourth-order valence-electron chi connectivity index (χ4n) is 9.43. The average Bonchev–Trinajstić information content (AvgIpc) is 1.51. The van der Waals surface area contributed by atoms with Gasteiger partial charge < -0.3 is 52.2 Å². The van der Waals surface area contributed by atoms with Crippen molar-refractivity contribution < 1.29 is 61.8 Å². The summed E-state index contributed by atoms with van der Waals surface area (Å²) in [7, 11) is -0.252. The molecule has 2 aliphatic heterocycles. The quantitative estimate of drug-likeness (QED) is 0.0211. The summed E-state index contributed by atoms with van der Waals surface area (Å²) < 4.78 is 61.4. The van der Waals surface area contributed by atoms with E-state index in [1.54, 1.807) is 57.4 Å². The first kappa shape index (κ1) is 65.2. The van der Waals surface area contributed by atoms with Crippen LogP contribution in [0.15, 0.2) is 159 Å². The molecule has 462 valence electrons. The van der Waals surface area contributed by atoms with Gasteiger partial charge in [0.05, 0.1) is 26.9 Å². The zero-order chi connectivity index (χ0) is 62.6. The Labute approximate surface area is 512 Å². The lowest BCUT2D eigenvalue weighted by Crippen LogP contribution is -2.41. The first-order valence-electron chi connectivity index (χ1n) is 28.0. The number of carbonyl (C=O) groups excluding carboxylic acids is 2. The number of aryl methyl sites for hydroxylation is 2. The summed E-state index contributed by atoms with van der Waals surface area (Å²) >= 11 is 11.8. The second kappa shape index (κ2) is 28.8. The van der Waals surface area contributed by atoms with Gasteiger partial charge >= 0.3 is 23.7 Å². The standard InChI is InChI=1S/C46H53ClN2O10Si.C17H17ClN2O7/c1-31-29-49(43(51)48-42(31)50)41-28-39(59-44(52)57-38-24-18-35(47)19-25-38)40(58-41)30-55-46(32-12-9-8-10-13-32,33-14-20-36(53-5)21-15-33)34-16-22-37(23-17-34)54-26-11-27-56-60(6,7)45(2,3)4;1-9-7-20(16(23)19-15(9)22)14-6-12(13(8-21)26-14)27-17(24)25-11-4-2-10(18)3-5-11/h8-10,12-25,29,39-41H,11,26-28,30H2,1-7H3,(H,48,50,51);2-5,7,12-14,21H,6,8H2,1H3,(H,19,22,23)/t39-,40-,41-,46?;12-,13-,14-/m11/s1. The van der Waals surface area contributed by atoms with E-state index in [1.807, 2.05) is 78.9 Å². The van der Waals surface area contributed by atoms with Crippen LogP contribution in [0, 0.1) is 13.8 Å². The summed E-state index contributed by atoms with van der Waals surface area (Å²) in [6.07, 6.45) is -3.49. The van der Waals surface area contributed by atoms with Crippen LogP contribution in [0.3, 0.4) is 0 Å². The number of hydrogen-bond acceptors (Lipinski definition) is 17. The van der Waals surface area contributed by atoms with E-state index in [0.717, 1.165) is 23.1 Å². The Morgan fingerprint density at radius 3 is 1.52 bits per heavy atom. The number of nitrogens with zero attached hydrogens (tertiary/aromatic N) is 2. The Morgan fingerprint density at radius 2 is 1.06 bits per heavy atom. The van der Waals surface area contributed by atoms with Gasteiger partial charge in [0.15, 0.2) is 8.32 Å². The predicted molar refractivity (Wildman–Crippen MR) is 326 cm³/mol. The van der Waals surface area contributed by atoms with E-state index in [4.69, 9.17) is 70.3 Å². The zero-order valence-corrected chi connectivity index (χ0v) is 51.8. The summed E-state index contributed by atoms with van der Waals surface area (Å²) in [5.41, 5.74) is -0.532. The van der Waals surface area contributed by atoms with Crippen molar-refractivity contribution in [2.45, 2.75) is 114 Å². The molecular formula is C63H70Cl2N4O17Si. The van der Waals surface area contributed by atoms with Gasteiger partial charge in [0.25, 0.3) is 11.1 Å². The van der Waals surface area contributed by atoms with Gasteiger partial charge in [-0.1, -0.05) is 98.6 Å². The van der Waals surface area contributed by atoms with Gasteiger partial charge in [-0.05, 0) is 121 Å². The number of halogens is 2. The molecule has 9 rings (SSSR count). The molecule has 1 unspecified atom stereocenters. The van der Waals surface area contributed by atoms with E-state index in [9.17, 15) is 33.9 Å². The molecule has 2 aromatic heterocycles. The maximum absolute atomic E-state index is 13.2. The van der Waals surface area contributed by atoms with Crippen molar-refractivity contribution in [1.82, 2.24) is 19.1 Å². The molecular weight excluding hydrogens is 1180 g/mol. The Kier molecular flexibility index (Phi) is 21.6. The predicted octanol–water partition coefficient (Wildman–Crippen LogP) is 10.5. The van der Waals surface area contributed by atoms with Crippen LogP contribution >= 0.6 is 23.2 Å². The number of aromatic nitrogens is 4. The van der Waals surface area contributed by atoms with E-state index in [1.165, 1.54) is 33.7 Å². The topological polar surface area (TPSA) is 256 Å². The molecule has 2 aliphatic rings. The van der Waals surface area contributed by atoms with Crippen molar-refractivity contribution in [2.24, 2.45) is 0 Å². The number of hydrogen-bond donors (Lipinski definition) is 3. The van der Waals surface area contributed by atoms with Gasteiger partial charge in [-0.25, -0.2) is 19.2 Å². The first-order valence-corrected chi connectivity index (χ1v) is 31.7. The van der Waals surface area contributed by atoms with Crippen molar-refractivity contribution in [3.63, 3.8) is 0 Å². The van der Waals surface area contributed by atoms with Crippen LogP contribution < -0.4 is 41.4 Å². The number of aliphatic hydroxyl groups excluding tert-OH is 1. The third-order valence-corrected chi connectivity index (χ3v) is 20.2. The molecule has 0 spiro atoms. The number of rotatable bonds is 20. The Morgan fingerprint density at radius 1 is 0.621 bits per heavy atom. The minimum Gasteiger partial charge on any atom is -0.497 e. The molecule has 0 aliphatic carbocycles. The molecule has 7 atom stereocenters. The highest BCUT2D eigenvalue weighted by atomic mass is 35.5. The van der Waals surface area contributed by atoms with Crippen LogP contribution in [0.1, 0.15) is 80.3 Å². The molecule has 2 saturated heterocycles. The largest absolute Gasteiger partial charge is 0.514 e. The fraction of sp³-hybridized carbons (Fsp3) is 0.365. The van der Waals surface area contributed by atoms with Gasteiger partial charge in [0.1, 0.15) is 65.5 Å². The normalized spacial score (nSPS) is 19.0. The number of carbonyl (C=O) groups is 2. The number of methoxy groups -OCH3 is 1. The highest BCUT2D eigenvalue weighted by molar-refractivity contribution is 6.74. The highest BCUT2D eigenvalue weighted by Gasteiger charge is 2.45. The van der Waals surface area contributed by atoms with Gasteiger partial charge in [-0.3, -0.25) is 28.7 Å². The second-order valence-electron chi connectivity index (χ2n) is 22.2. The smallest absolute Gasteiger partial charge is 0.497 e. The Bertz CT molecular complexity index is 3690. The summed E-state index contributed by atoms with van der Waals surface area (Å²) in [6, 6.07) is 37.5. The maximum Gasteiger partial charge on any atom is 0.514 e. The molecule has 5 aromatic carbocycles. The summed E-state index contributed by atoms with van der Waals surface area (Å²) in [6.45, 7) is 14.9. The minimum atomic E-state index is -1.86. The van der Waals surface area contributed by atoms with E-state index >= 15 is 0 Å². The molecule has 21 nitrogen and oxygen atoms in total. The fourth-order valence-corrected chi connectivity index (χ4v) is 10.8. The number of benzene rings is 5. The van der Waals surface area contributed by atoms with Crippen molar-refractivity contribution in [3.8, 4) is 23.0 Å². The molecule has 3 N–H and O–H groups in total. The number of ether oxygens (including phenoxy) is 9. The van der Waals surface area contributed by atoms with Crippen molar-refractivity contribution in [2.75, 3.05) is 33.5 Å². The summed E-state index contributed by atoms with van der Waals surface area (Å²) in [4.78, 5) is 78.5. The number of H-pyrrole nitrogens is 2. The summed E-state index contributed by atoms with van der Waals surface area (Å²) in [5, 5.41) is 10.6. The Balaban J connectivity index is 0.000000302. The van der Waals surface area contributed by atoms with Crippen LogP contribution in [0.25, 0.3) is 0 Å². The van der Waals surface area contributed by atoms with E-state index in [2.05, 4.69) is 43.8 Å². The van der Waals surface area contributed by atoms with Crippen LogP contribution in [0.4, 0.5) is 9.59 Å². The van der Waals surface area contributed by atoms with Crippen molar-refractivity contribution >= 4 is 43.8 Å². The van der Waals surface area contributed by atoms with Crippen LogP contribution in [0.5, 0.6) is 23.0 Å². The van der Waals surface area contributed by atoms with Gasteiger partial charge in [-0.15, -0.1) is 0 Å². The molecule has 0 saturated carbocycles. The van der Waals surface area contributed by atoms with Gasteiger partial charge in [0.2, 0.25) is 0 Å². The van der Waals surface area contributed by atoms with Gasteiger partial charge in [0, 0.05) is 59.4 Å². The van der Waals surface area contributed by atoms with Crippen molar-refractivity contribution in [1.29, 1.82) is 0 Å². The monoisotopic (exact) mass is 1250 g/mol. The summed E-state index contributed by atoms with van der Waals surface area (Å²) in [5.74, 6) is 1.83. The molecule has 2 fully saturated rings. The van der Waals surface area contributed by atoms with Crippen LogP contribution in [-0.4, -0.2) is 103 Å². The lowest BCUT2D eigenvalue weighted by atomic mass is 9.80. The third-order valence-electron chi connectivity index (χ3n) is 15.2.